The molecule has 0 saturated carbocycles. The summed E-state index contributed by atoms with van der Waals surface area (Å²) in [5.74, 6) is 1.90. The van der Waals surface area contributed by atoms with Gasteiger partial charge in [0, 0.05) is 30.8 Å². The summed E-state index contributed by atoms with van der Waals surface area (Å²) in [6.45, 7) is 5.55. The minimum Gasteiger partial charge on any atom is -0.354 e. The van der Waals surface area contributed by atoms with Crippen LogP contribution in [0.4, 0.5) is 5.82 Å². The third kappa shape index (κ3) is 3.09. The quantitative estimate of drug-likeness (QED) is 0.906. The lowest BCUT2D eigenvalue weighted by atomic mass is 9.97. The highest BCUT2D eigenvalue weighted by Gasteiger charge is 2.24. The van der Waals surface area contributed by atoms with Crippen molar-refractivity contribution in [1.82, 2.24) is 20.2 Å². The number of hydrogen-bond acceptors (Lipinski definition) is 5. The predicted molar refractivity (Wildman–Crippen MR) is 80.6 cm³/mol. The number of aromatic amines is 1. The summed E-state index contributed by atoms with van der Waals surface area (Å²) in [7, 11) is 0. The van der Waals surface area contributed by atoms with Crippen molar-refractivity contribution in [2.75, 3.05) is 18.0 Å². The Hall–Kier alpha value is -2.24. The minimum atomic E-state index is -0.0789. The molecule has 6 nitrogen and oxygen atoms in total. The van der Waals surface area contributed by atoms with Crippen molar-refractivity contribution < 1.29 is 0 Å². The van der Waals surface area contributed by atoms with Crippen LogP contribution in [-0.2, 0) is 0 Å². The molecule has 1 aliphatic heterocycles. The molecule has 1 N–H and O–H groups in total. The summed E-state index contributed by atoms with van der Waals surface area (Å²) in [6.07, 6.45) is 2.08. The van der Waals surface area contributed by atoms with Gasteiger partial charge in [-0.3, -0.25) is 4.79 Å². The molecule has 0 radical (unpaired) electrons. The van der Waals surface area contributed by atoms with Crippen molar-refractivity contribution in [3.63, 3.8) is 0 Å². The minimum absolute atomic E-state index is 0.0789. The molecular weight excluding hydrogens is 266 g/mol. The van der Waals surface area contributed by atoms with Gasteiger partial charge in [0.2, 0.25) is 0 Å². The Kier molecular flexibility index (Phi) is 3.68. The summed E-state index contributed by atoms with van der Waals surface area (Å²) in [5, 5.41) is 8.36. The van der Waals surface area contributed by atoms with Crippen LogP contribution in [0, 0.1) is 13.8 Å². The third-order valence-corrected chi connectivity index (χ3v) is 3.80. The molecular formula is C15H19N5O. The van der Waals surface area contributed by atoms with Crippen molar-refractivity contribution >= 4 is 5.82 Å². The Morgan fingerprint density at radius 2 is 2.10 bits per heavy atom. The Morgan fingerprint density at radius 3 is 2.81 bits per heavy atom. The third-order valence-electron chi connectivity index (χ3n) is 3.80. The van der Waals surface area contributed by atoms with E-state index in [1.165, 1.54) is 6.07 Å². The highest BCUT2D eigenvalue weighted by atomic mass is 16.1. The van der Waals surface area contributed by atoms with Gasteiger partial charge in [0.25, 0.3) is 5.56 Å². The van der Waals surface area contributed by atoms with E-state index >= 15 is 0 Å². The van der Waals surface area contributed by atoms with E-state index in [2.05, 4.69) is 25.1 Å². The Balaban J connectivity index is 1.82. The van der Waals surface area contributed by atoms with Crippen molar-refractivity contribution in [1.29, 1.82) is 0 Å². The average Bonchev–Trinajstić information content (AvgIpc) is 2.47. The van der Waals surface area contributed by atoms with Gasteiger partial charge in [-0.25, -0.2) is 4.98 Å². The van der Waals surface area contributed by atoms with Crippen LogP contribution in [0.3, 0.4) is 0 Å². The molecule has 21 heavy (non-hydrogen) atoms. The van der Waals surface area contributed by atoms with Gasteiger partial charge >= 0.3 is 0 Å². The van der Waals surface area contributed by atoms with E-state index in [-0.39, 0.29) is 11.5 Å². The summed E-state index contributed by atoms with van der Waals surface area (Å²) >= 11 is 0. The summed E-state index contributed by atoms with van der Waals surface area (Å²) in [6, 6.07) is 5.49. The first kappa shape index (κ1) is 13.7. The van der Waals surface area contributed by atoms with Crippen LogP contribution in [0.15, 0.2) is 23.0 Å². The molecule has 110 valence electrons. The van der Waals surface area contributed by atoms with Gasteiger partial charge in [-0.05, 0) is 38.8 Å². The van der Waals surface area contributed by atoms with Crippen LogP contribution >= 0.6 is 0 Å². The van der Waals surface area contributed by atoms with Crippen LogP contribution in [-0.4, -0.2) is 33.3 Å². The molecule has 1 saturated heterocycles. The molecule has 0 spiro atoms. The van der Waals surface area contributed by atoms with E-state index in [9.17, 15) is 4.79 Å². The molecule has 1 aliphatic rings. The normalized spacial score (nSPS) is 18.8. The molecule has 3 heterocycles. The van der Waals surface area contributed by atoms with Gasteiger partial charge < -0.3 is 9.88 Å². The van der Waals surface area contributed by atoms with Gasteiger partial charge in [0.15, 0.2) is 5.82 Å². The second-order valence-corrected chi connectivity index (χ2v) is 5.59. The molecule has 0 unspecified atom stereocenters. The maximum absolute atomic E-state index is 11.6. The number of nitrogens with one attached hydrogen (secondary N) is 1. The zero-order valence-electron chi connectivity index (χ0n) is 12.3. The van der Waals surface area contributed by atoms with Crippen LogP contribution < -0.4 is 10.5 Å². The summed E-state index contributed by atoms with van der Waals surface area (Å²) in [5.41, 5.74) is 1.60. The number of piperidine rings is 1. The second kappa shape index (κ2) is 5.63. The van der Waals surface area contributed by atoms with E-state index in [4.69, 9.17) is 0 Å². The van der Waals surface area contributed by atoms with Gasteiger partial charge in [-0.15, -0.1) is 5.10 Å². The number of rotatable bonds is 2. The largest absolute Gasteiger partial charge is 0.354 e. The Bertz CT molecular complexity index is 679. The van der Waals surface area contributed by atoms with Gasteiger partial charge in [0.05, 0.1) is 5.69 Å². The van der Waals surface area contributed by atoms with Gasteiger partial charge in [0.1, 0.15) is 5.82 Å². The number of nitrogens with zero attached hydrogens (tertiary/aromatic N) is 4. The van der Waals surface area contributed by atoms with Crippen molar-refractivity contribution in [3.8, 4) is 0 Å². The van der Waals surface area contributed by atoms with Crippen LogP contribution in [0.25, 0.3) is 0 Å². The standard InChI is InChI=1S/C15H19N5O/c1-10-5-6-13(19-18-10)20-7-3-4-12(9-20)15-16-11(2)8-14(21)17-15/h5-6,8,12H,3-4,7,9H2,1-2H3,(H,16,17,21)/t12-/m1/s1. The van der Waals surface area contributed by atoms with Gasteiger partial charge in [-0.1, -0.05) is 0 Å². The average molecular weight is 285 g/mol. The predicted octanol–water partition coefficient (Wildman–Crippen LogP) is 1.56. The molecule has 0 aromatic carbocycles. The highest BCUT2D eigenvalue weighted by Crippen LogP contribution is 2.26. The molecule has 2 aromatic rings. The maximum atomic E-state index is 11.6. The Morgan fingerprint density at radius 1 is 1.24 bits per heavy atom. The molecule has 0 aliphatic carbocycles. The smallest absolute Gasteiger partial charge is 0.251 e. The lowest BCUT2D eigenvalue weighted by molar-refractivity contribution is 0.485. The first-order valence-corrected chi connectivity index (χ1v) is 7.25. The number of H-pyrrole nitrogens is 1. The zero-order chi connectivity index (χ0) is 14.8. The molecule has 6 heteroatoms. The van der Waals surface area contributed by atoms with Crippen LogP contribution in [0.2, 0.25) is 0 Å². The van der Waals surface area contributed by atoms with Crippen molar-refractivity contribution in [3.05, 3.63) is 45.8 Å². The van der Waals surface area contributed by atoms with Crippen LogP contribution in [0.1, 0.15) is 36.0 Å². The Labute approximate surface area is 123 Å². The SMILES string of the molecule is Cc1ccc(N2CCC[C@@H](c3nc(C)cc(=O)[nH]3)C2)nn1. The molecule has 2 aromatic heterocycles. The van der Waals surface area contributed by atoms with E-state index in [0.29, 0.717) is 0 Å². The molecule has 1 atom stereocenters. The summed E-state index contributed by atoms with van der Waals surface area (Å²) < 4.78 is 0. The lowest BCUT2D eigenvalue weighted by Crippen LogP contribution is -2.36. The molecule has 0 bridgehead atoms. The maximum Gasteiger partial charge on any atom is 0.251 e. The van der Waals surface area contributed by atoms with Crippen molar-refractivity contribution in [2.45, 2.75) is 32.6 Å². The van der Waals surface area contributed by atoms with E-state index in [0.717, 1.165) is 49.0 Å². The number of aryl methyl sites for hydroxylation is 2. The van der Waals surface area contributed by atoms with Crippen molar-refractivity contribution in [2.24, 2.45) is 0 Å². The first-order valence-electron chi connectivity index (χ1n) is 7.25. The number of hydrogen-bond donors (Lipinski definition) is 1. The van der Waals surface area contributed by atoms with E-state index < -0.39 is 0 Å². The number of anilines is 1. The van der Waals surface area contributed by atoms with Gasteiger partial charge in [-0.2, -0.15) is 5.10 Å². The monoisotopic (exact) mass is 285 g/mol. The first-order chi connectivity index (χ1) is 10.1. The zero-order valence-corrected chi connectivity index (χ0v) is 12.3. The fourth-order valence-electron chi connectivity index (χ4n) is 2.76. The summed E-state index contributed by atoms with van der Waals surface area (Å²) in [4.78, 5) is 21.2. The lowest BCUT2D eigenvalue weighted by Gasteiger charge is -2.32. The molecule has 0 amide bonds. The number of aromatic nitrogens is 4. The molecule has 3 rings (SSSR count). The van der Waals surface area contributed by atoms with Crippen LogP contribution in [0.5, 0.6) is 0 Å². The fourth-order valence-corrected chi connectivity index (χ4v) is 2.76. The second-order valence-electron chi connectivity index (χ2n) is 5.59. The molecule has 1 fully saturated rings. The highest BCUT2D eigenvalue weighted by molar-refractivity contribution is 5.38. The van der Waals surface area contributed by atoms with E-state index in [1.54, 1.807) is 0 Å². The topological polar surface area (TPSA) is 74.8 Å². The fraction of sp³-hybridized carbons (Fsp3) is 0.467. The van der Waals surface area contributed by atoms with E-state index in [1.807, 2.05) is 26.0 Å².